The van der Waals surface area contributed by atoms with E-state index in [-0.39, 0.29) is 11.8 Å². The molecule has 0 unspecified atom stereocenters. The highest BCUT2D eigenvalue weighted by Gasteiger charge is 2.17. The zero-order valence-corrected chi connectivity index (χ0v) is 17.2. The van der Waals surface area contributed by atoms with E-state index in [1.54, 1.807) is 16.6 Å². The lowest BCUT2D eigenvalue weighted by Crippen LogP contribution is -2.41. The number of carbonyl (C=O) groups is 2. The second-order valence-electron chi connectivity index (χ2n) is 6.71. The lowest BCUT2D eigenvalue weighted by Gasteiger charge is -2.26. The minimum absolute atomic E-state index is 0.0813. The van der Waals surface area contributed by atoms with Gasteiger partial charge in [-0.05, 0) is 24.3 Å². The molecule has 1 aromatic carbocycles. The number of rotatable bonds is 7. The number of nitrogens with one attached hydrogen (secondary N) is 1. The number of fused-ring (bicyclic) bond motifs is 1. The number of morpholine rings is 1. The summed E-state index contributed by atoms with van der Waals surface area (Å²) in [5.41, 5.74) is 1.24. The Morgan fingerprint density at radius 3 is 2.67 bits per heavy atom. The fraction of sp³-hybridized carbons (Fsp3) is 0.350. The highest BCUT2D eigenvalue weighted by molar-refractivity contribution is 7.99. The van der Waals surface area contributed by atoms with E-state index in [1.807, 2.05) is 35.2 Å². The summed E-state index contributed by atoms with van der Waals surface area (Å²) in [5.74, 6) is 0.927. The Morgan fingerprint density at radius 1 is 1.07 bits per heavy atom. The van der Waals surface area contributed by atoms with Gasteiger partial charge in [-0.1, -0.05) is 30.0 Å². The molecular formula is C20H22N6O3S. The maximum Gasteiger partial charge on any atom is 0.251 e. The van der Waals surface area contributed by atoms with Crippen LogP contribution >= 0.6 is 11.8 Å². The molecule has 156 valence electrons. The van der Waals surface area contributed by atoms with Crippen LogP contribution in [0.1, 0.15) is 16.2 Å². The van der Waals surface area contributed by atoms with Crippen molar-refractivity contribution < 1.29 is 14.3 Å². The van der Waals surface area contributed by atoms with Gasteiger partial charge in [0.25, 0.3) is 5.91 Å². The lowest BCUT2D eigenvalue weighted by atomic mass is 10.2. The standard InChI is InChI=1S/C20H22N6O3S/c27-19(25-10-12-29-13-11-25)14-30-18-7-6-16-22-23-17(26(16)24-18)8-9-21-20(28)15-4-2-1-3-5-15/h1-7H,8-14H2,(H,21,28). The van der Waals surface area contributed by atoms with E-state index in [0.717, 1.165) is 5.03 Å². The minimum atomic E-state index is -0.129. The number of nitrogens with zero attached hydrogens (tertiary/aromatic N) is 5. The first-order chi connectivity index (χ1) is 14.7. The number of ether oxygens (including phenoxy) is 1. The molecule has 4 rings (SSSR count). The summed E-state index contributed by atoms with van der Waals surface area (Å²) in [4.78, 5) is 26.3. The van der Waals surface area contributed by atoms with E-state index in [2.05, 4.69) is 20.6 Å². The highest BCUT2D eigenvalue weighted by Crippen LogP contribution is 2.17. The Bertz CT molecular complexity index is 1020. The number of thioether (sulfide) groups is 1. The van der Waals surface area contributed by atoms with E-state index in [9.17, 15) is 9.59 Å². The normalized spacial score (nSPS) is 14.1. The summed E-state index contributed by atoms with van der Waals surface area (Å²) in [6.07, 6.45) is 0.494. The second kappa shape index (κ2) is 9.68. The first-order valence-electron chi connectivity index (χ1n) is 9.73. The summed E-state index contributed by atoms with van der Waals surface area (Å²) >= 11 is 1.39. The largest absolute Gasteiger partial charge is 0.378 e. The average molecular weight is 427 g/mol. The molecule has 2 aromatic heterocycles. The Balaban J connectivity index is 1.34. The summed E-state index contributed by atoms with van der Waals surface area (Å²) < 4.78 is 6.94. The van der Waals surface area contributed by atoms with Crippen molar-refractivity contribution in [2.45, 2.75) is 11.4 Å². The van der Waals surface area contributed by atoms with Crippen LogP contribution in [0.2, 0.25) is 0 Å². The van der Waals surface area contributed by atoms with Crippen LogP contribution < -0.4 is 5.32 Å². The number of aromatic nitrogens is 4. The van der Waals surface area contributed by atoms with Crippen LogP contribution in [-0.4, -0.2) is 75.1 Å². The van der Waals surface area contributed by atoms with Gasteiger partial charge in [0.05, 0.1) is 19.0 Å². The molecule has 0 bridgehead atoms. The van der Waals surface area contributed by atoms with Crippen LogP contribution in [0.5, 0.6) is 0 Å². The quantitative estimate of drug-likeness (QED) is 0.564. The molecule has 10 heteroatoms. The van der Waals surface area contributed by atoms with Crippen molar-refractivity contribution in [3.05, 3.63) is 53.9 Å². The van der Waals surface area contributed by atoms with Gasteiger partial charge in [-0.15, -0.1) is 10.2 Å². The van der Waals surface area contributed by atoms with Gasteiger partial charge in [0, 0.05) is 31.6 Å². The number of amides is 2. The van der Waals surface area contributed by atoms with Crippen LogP contribution in [0.15, 0.2) is 47.5 Å². The van der Waals surface area contributed by atoms with Crippen molar-refractivity contribution in [2.24, 2.45) is 0 Å². The molecule has 3 heterocycles. The summed E-state index contributed by atoms with van der Waals surface area (Å²) in [5, 5.41) is 16.5. The number of hydrogen-bond acceptors (Lipinski definition) is 7. The van der Waals surface area contributed by atoms with Crippen LogP contribution in [-0.2, 0) is 16.0 Å². The Kier molecular flexibility index (Phi) is 6.55. The molecule has 30 heavy (non-hydrogen) atoms. The number of hydrogen-bond donors (Lipinski definition) is 1. The van der Waals surface area contributed by atoms with Crippen molar-refractivity contribution >= 4 is 29.2 Å². The van der Waals surface area contributed by atoms with Gasteiger partial charge in [0.15, 0.2) is 11.5 Å². The van der Waals surface area contributed by atoms with E-state index >= 15 is 0 Å². The van der Waals surface area contributed by atoms with E-state index in [0.29, 0.717) is 62.1 Å². The average Bonchev–Trinajstić information content (AvgIpc) is 3.21. The maximum absolute atomic E-state index is 12.3. The smallest absolute Gasteiger partial charge is 0.251 e. The fourth-order valence-electron chi connectivity index (χ4n) is 3.07. The predicted octanol–water partition coefficient (Wildman–Crippen LogP) is 1.05. The van der Waals surface area contributed by atoms with E-state index < -0.39 is 0 Å². The molecule has 1 aliphatic heterocycles. The van der Waals surface area contributed by atoms with E-state index in [1.165, 1.54) is 11.8 Å². The molecule has 0 atom stereocenters. The maximum atomic E-state index is 12.3. The fourth-order valence-corrected chi connectivity index (χ4v) is 3.83. The van der Waals surface area contributed by atoms with Crippen molar-refractivity contribution in [1.29, 1.82) is 0 Å². The summed E-state index contributed by atoms with van der Waals surface area (Å²) in [6.45, 7) is 2.87. The van der Waals surface area contributed by atoms with Crippen molar-refractivity contribution in [2.75, 3.05) is 38.6 Å². The van der Waals surface area contributed by atoms with Crippen LogP contribution in [0.4, 0.5) is 0 Å². The molecule has 0 saturated carbocycles. The van der Waals surface area contributed by atoms with Gasteiger partial charge in [-0.25, -0.2) is 0 Å². The van der Waals surface area contributed by atoms with E-state index in [4.69, 9.17) is 4.74 Å². The monoisotopic (exact) mass is 426 g/mol. The first kappa shape index (κ1) is 20.3. The molecule has 0 spiro atoms. The molecule has 1 aliphatic rings. The third-order valence-corrected chi connectivity index (χ3v) is 5.59. The summed E-state index contributed by atoms with van der Waals surface area (Å²) in [7, 11) is 0. The molecule has 0 aliphatic carbocycles. The van der Waals surface area contributed by atoms with Crippen LogP contribution in [0, 0.1) is 0 Å². The molecular weight excluding hydrogens is 404 g/mol. The Hall–Kier alpha value is -2.98. The SMILES string of the molecule is O=C(NCCc1nnc2ccc(SCC(=O)N3CCOCC3)nn12)c1ccccc1. The molecule has 1 N–H and O–H groups in total. The summed E-state index contributed by atoms with van der Waals surface area (Å²) in [6, 6.07) is 12.7. The molecule has 1 fully saturated rings. The Labute approximate surface area is 177 Å². The third kappa shape index (κ3) is 4.95. The van der Waals surface area contributed by atoms with Crippen molar-refractivity contribution in [1.82, 2.24) is 30.0 Å². The Morgan fingerprint density at radius 2 is 1.87 bits per heavy atom. The van der Waals surface area contributed by atoms with Crippen molar-refractivity contribution in [3.8, 4) is 0 Å². The molecule has 3 aromatic rings. The zero-order valence-electron chi connectivity index (χ0n) is 16.4. The van der Waals surface area contributed by atoms with Gasteiger partial charge < -0.3 is 15.0 Å². The van der Waals surface area contributed by atoms with Gasteiger partial charge in [0.2, 0.25) is 5.91 Å². The lowest BCUT2D eigenvalue weighted by molar-refractivity contribution is -0.132. The van der Waals surface area contributed by atoms with Gasteiger partial charge in [-0.2, -0.15) is 9.61 Å². The minimum Gasteiger partial charge on any atom is -0.378 e. The molecule has 9 nitrogen and oxygen atoms in total. The zero-order chi connectivity index (χ0) is 20.8. The third-order valence-electron chi connectivity index (χ3n) is 4.68. The molecule has 0 radical (unpaired) electrons. The van der Waals surface area contributed by atoms with Gasteiger partial charge >= 0.3 is 0 Å². The molecule has 2 amide bonds. The predicted molar refractivity (Wildman–Crippen MR) is 111 cm³/mol. The number of benzene rings is 1. The second-order valence-corrected chi connectivity index (χ2v) is 7.71. The van der Waals surface area contributed by atoms with Crippen LogP contribution in [0.3, 0.4) is 0 Å². The topological polar surface area (TPSA) is 102 Å². The molecule has 1 saturated heterocycles. The van der Waals surface area contributed by atoms with Gasteiger partial charge in [0.1, 0.15) is 5.03 Å². The highest BCUT2D eigenvalue weighted by atomic mass is 32.2. The van der Waals surface area contributed by atoms with Crippen LogP contribution in [0.25, 0.3) is 5.65 Å². The van der Waals surface area contributed by atoms with Gasteiger partial charge in [-0.3, -0.25) is 9.59 Å². The number of carbonyl (C=O) groups excluding carboxylic acids is 2. The first-order valence-corrected chi connectivity index (χ1v) is 10.7. The van der Waals surface area contributed by atoms with Crippen molar-refractivity contribution in [3.63, 3.8) is 0 Å².